The van der Waals surface area contributed by atoms with Crippen molar-refractivity contribution in [1.82, 2.24) is 14.3 Å². The SMILES string of the molecule is Cn1cc(S(=O)(=O)Cl)c2cccc(-n3cccn3)c21. The van der Waals surface area contributed by atoms with Crippen LogP contribution in [-0.2, 0) is 16.1 Å². The van der Waals surface area contributed by atoms with Crippen molar-refractivity contribution < 1.29 is 8.42 Å². The molecule has 0 unspecified atom stereocenters. The van der Waals surface area contributed by atoms with Crippen LogP contribution >= 0.6 is 10.7 Å². The van der Waals surface area contributed by atoms with Gasteiger partial charge in [-0.15, -0.1) is 0 Å². The lowest BCUT2D eigenvalue weighted by molar-refractivity contribution is 0.610. The Morgan fingerprint density at radius 2 is 2.05 bits per heavy atom. The number of halogens is 1. The molecule has 2 aromatic heterocycles. The minimum Gasteiger partial charge on any atom is -0.347 e. The van der Waals surface area contributed by atoms with Crippen molar-refractivity contribution in [2.75, 3.05) is 0 Å². The molecule has 1 aromatic carbocycles. The van der Waals surface area contributed by atoms with Crippen molar-refractivity contribution in [3.8, 4) is 5.69 Å². The van der Waals surface area contributed by atoms with E-state index in [-0.39, 0.29) is 4.90 Å². The largest absolute Gasteiger partial charge is 0.347 e. The van der Waals surface area contributed by atoms with Gasteiger partial charge in [0.2, 0.25) is 0 Å². The molecule has 0 amide bonds. The second kappa shape index (κ2) is 4.11. The summed E-state index contributed by atoms with van der Waals surface area (Å²) in [5, 5.41) is 4.76. The van der Waals surface area contributed by atoms with E-state index in [1.807, 2.05) is 6.07 Å². The summed E-state index contributed by atoms with van der Waals surface area (Å²) in [5.74, 6) is 0. The number of aryl methyl sites for hydroxylation is 1. The number of aromatic nitrogens is 3. The third kappa shape index (κ3) is 1.93. The Balaban J connectivity index is 2.43. The quantitative estimate of drug-likeness (QED) is 0.682. The van der Waals surface area contributed by atoms with Crippen LogP contribution < -0.4 is 0 Å². The topological polar surface area (TPSA) is 56.9 Å². The summed E-state index contributed by atoms with van der Waals surface area (Å²) in [7, 11) is 3.47. The first kappa shape index (κ1) is 12.3. The second-order valence-corrected chi connectivity index (χ2v) is 6.70. The maximum absolute atomic E-state index is 11.6. The molecule has 98 valence electrons. The van der Waals surface area contributed by atoms with Gasteiger partial charge in [-0.05, 0) is 12.1 Å². The predicted molar refractivity (Wildman–Crippen MR) is 73.1 cm³/mol. The minimum absolute atomic E-state index is 0.112. The fourth-order valence-corrected chi connectivity index (χ4v) is 3.28. The first-order chi connectivity index (χ1) is 8.98. The number of para-hydroxylation sites is 1. The van der Waals surface area contributed by atoms with Crippen LogP contribution in [0.1, 0.15) is 0 Å². The molecule has 0 N–H and O–H groups in total. The monoisotopic (exact) mass is 295 g/mol. The van der Waals surface area contributed by atoms with Crippen LogP contribution in [-0.4, -0.2) is 22.8 Å². The lowest BCUT2D eigenvalue weighted by Gasteiger charge is -2.05. The van der Waals surface area contributed by atoms with Crippen molar-refractivity contribution in [2.45, 2.75) is 4.90 Å². The van der Waals surface area contributed by atoms with Crippen LogP contribution in [0.4, 0.5) is 0 Å². The molecule has 0 spiro atoms. The van der Waals surface area contributed by atoms with Gasteiger partial charge in [0.25, 0.3) is 9.05 Å². The molecular weight excluding hydrogens is 286 g/mol. The highest BCUT2D eigenvalue weighted by atomic mass is 35.7. The average Bonchev–Trinajstić information content (AvgIpc) is 2.96. The zero-order valence-corrected chi connectivity index (χ0v) is 11.6. The van der Waals surface area contributed by atoms with Crippen LogP contribution in [0, 0.1) is 0 Å². The maximum atomic E-state index is 11.6. The average molecular weight is 296 g/mol. The maximum Gasteiger partial charge on any atom is 0.263 e. The number of fused-ring (bicyclic) bond motifs is 1. The number of benzene rings is 1. The minimum atomic E-state index is -3.77. The standard InChI is InChI=1S/C12H10ClN3O2S/c1-15-8-11(19(13,17)18)9-4-2-5-10(12(9)15)16-7-3-6-14-16/h2-8H,1H3. The first-order valence-corrected chi connectivity index (χ1v) is 7.82. The van der Waals surface area contributed by atoms with E-state index in [2.05, 4.69) is 5.10 Å². The Bertz CT molecular complexity index is 851. The van der Waals surface area contributed by atoms with E-state index in [9.17, 15) is 8.42 Å². The summed E-state index contributed by atoms with van der Waals surface area (Å²) in [6.45, 7) is 0. The number of rotatable bonds is 2. The molecule has 3 rings (SSSR count). The van der Waals surface area contributed by atoms with E-state index in [1.165, 1.54) is 6.20 Å². The predicted octanol–water partition coefficient (Wildman–Crippen LogP) is 2.29. The van der Waals surface area contributed by atoms with Crippen LogP contribution in [0.25, 0.3) is 16.6 Å². The number of hydrogen-bond donors (Lipinski definition) is 0. The van der Waals surface area contributed by atoms with Crippen LogP contribution in [0.15, 0.2) is 47.8 Å². The normalized spacial score (nSPS) is 12.1. The van der Waals surface area contributed by atoms with Crippen molar-refractivity contribution in [3.63, 3.8) is 0 Å². The van der Waals surface area contributed by atoms with Gasteiger partial charge in [-0.3, -0.25) is 0 Å². The highest BCUT2D eigenvalue weighted by molar-refractivity contribution is 8.14. The first-order valence-electron chi connectivity index (χ1n) is 5.51. The van der Waals surface area contributed by atoms with Gasteiger partial charge in [0, 0.05) is 41.7 Å². The summed E-state index contributed by atoms with van der Waals surface area (Å²) >= 11 is 0. The van der Waals surface area contributed by atoms with Gasteiger partial charge in [-0.2, -0.15) is 5.10 Å². The molecule has 0 bridgehead atoms. The molecule has 0 atom stereocenters. The highest BCUT2D eigenvalue weighted by Gasteiger charge is 2.19. The van der Waals surface area contributed by atoms with Gasteiger partial charge in [-0.25, -0.2) is 13.1 Å². The fraction of sp³-hybridized carbons (Fsp3) is 0.0833. The third-order valence-corrected chi connectivity index (χ3v) is 4.31. The lowest BCUT2D eigenvalue weighted by Crippen LogP contribution is -1.98. The van der Waals surface area contributed by atoms with E-state index < -0.39 is 9.05 Å². The van der Waals surface area contributed by atoms with Gasteiger partial charge < -0.3 is 4.57 Å². The summed E-state index contributed by atoms with van der Waals surface area (Å²) in [5.41, 5.74) is 1.57. The Morgan fingerprint density at radius 3 is 2.68 bits per heavy atom. The summed E-state index contributed by atoms with van der Waals surface area (Å²) < 4.78 is 26.6. The highest BCUT2D eigenvalue weighted by Crippen LogP contribution is 2.30. The molecular formula is C12H10ClN3O2S. The number of hydrogen-bond acceptors (Lipinski definition) is 3. The molecule has 0 aliphatic carbocycles. The van der Waals surface area contributed by atoms with E-state index in [4.69, 9.17) is 10.7 Å². The molecule has 19 heavy (non-hydrogen) atoms. The third-order valence-electron chi connectivity index (χ3n) is 2.96. The van der Waals surface area contributed by atoms with Gasteiger partial charge in [0.15, 0.2) is 0 Å². The Labute approximate surface area is 114 Å². The molecule has 0 aliphatic heterocycles. The van der Waals surface area contributed by atoms with Crippen molar-refractivity contribution in [2.24, 2.45) is 7.05 Å². The summed E-state index contributed by atoms with van der Waals surface area (Å²) in [4.78, 5) is 0.112. The smallest absolute Gasteiger partial charge is 0.263 e. The van der Waals surface area contributed by atoms with E-state index >= 15 is 0 Å². The molecule has 0 saturated carbocycles. The van der Waals surface area contributed by atoms with Gasteiger partial charge in [0.05, 0.1) is 11.2 Å². The Hall–Kier alpha value is -1.79. The van der Waals surface area contributed by atoms with Gasteiger partial charge >= 0.3 is 0 Å². The second-order valence-electron chi connectivity index (χ2n) is 4.17. The molecule has 5 nitrogen and oxygen atoms in total. The van der Waals surface area contributed by atoms with Crippen LogP contribution in [0.5, 0.6) is 0 Å². The van der Waals surface area contributed by atoms with E-state index in [1.54, 1.807) is 46.9 Å². The molecule has 7 heteroatoms. The zero-order chi connectivity index (χ0) is 13.6. The Morgan fingerprint density at radius 1 is 1.26 bits per heavy atom. The van der Waals surface area contributed by atoms with Crippen LogP contribution in [0.2, 0.25) is 0 Å². The summed E-state index contributed by atoms with van der Waals surface area (Å²) in [6.07, 6.45) is 4.98. The molecule has 2 heterocycles. The fourth-order valence-electron chi connectivity index (χ4n) is 2.20. The van der Waals surface area contributed by atoms with E-state index in [0.717, 1.165) is 11.2 Å². The zero-order valence-electron chi connectivity index (χ0n) is 9.99. The molecule has 0 saturated heterocycles. The summed E-state index contributed by atoms with van der Waals surface area (Å²) in [6, 6.07) is 7.20. The lowest BCUT2D eigenvalue weighted by atomic mass is 10.2. The molecule has 0 radical (unpaired) electrons. The molecule has 3 aromatic rings. The van der Waals surface area contributed by atoms with E-state index in [0.29, 0.717) is 5.39 Å². The van der Waals surface area contributed by atoms with Gasteiger partial charge in [-0.1, -0.05) is 12.1 Å². The Kier molecular flexibility index (Phi) is 2.65. The van der Waals surface area contributed by atoms with Crippen LogP contribution in [0.3, 0.4) is 0 Å². The van der Waals surface area contributed by atoms with Crippen molar-refractivity contribution >= 4 is 30.6 Å². The van der Waals surface area contributed by atoms with Crippen molar-refractivity contribution in [3.05, 3.63) is 42.9 Å². The van der Waals surface area contributed by atoms with Crippen molar-refractivity contribution in [1.29, 1.82) is 0 Å². The molecule has 0 aliphatic rings. The van der Waals surface area contributed by atoms with Gasteiger partial charge in [0.1, 0.15) is 4.90 Å². The number of nitrogens with zero attached hydrogens (tertiary/aromatic N) is 3. The molecule has 0 fully saturated rings.